The Kier molecular flexibility index (Phi) is 4.60. The van der Waals surface area contributed by atoms with Crippen LogP contribution in [-0.2, 0) is 13.0 Å². The number of hydrogen-bond donors (Lipinski definition) is 1. The molecule has 1 atom stereocenters. The number of aromatic nitrogens is 3. The number of ether oxygens (including phenoxy) is 1. The molecule has 122 valence electrons. The Balaban J connectivity index is 1.56. The van der Waals surface area contributed by atoms with Gasteiger partial charge in [0.2, 0.25) is 0 Å². The van der Waals surface area contributed by atoms with Crippen LogP contribution in [0, 0.1) is 12.8 Å². The van der Waals surface area contributed by atoms with Crippen molar-refractivity contribution in [2.75, 3.05) is 13.2 Å². The molecule has 2 aromatic heterocycles. The van der Waals surface area contributed by atoms with Gasteiger partial charge in [0, 0.05) is 25.5 Å². The number of nitrogens with zero attached hydrogens (tertiary/aromatic N) is 3. The van der Waals surface area contributed by atoms with E-state index in [1.165, 1.54) is 0 Å². The fourth-order valence-electron chi connectivity index (χ4n) is 2.73. The van der Waals surface area contributed by atoms with Crippen LogP contribution < -0.4 is 10.1 Å². The second-order valence-electron chi connectivity index (χ2n) is 6.07. The van der Waals surface area contributed by atoms with Crippen LogP contribution in [0.3, 0.4) is 0 Å². The van der Waals surface area contributed by atoms with Crippen LogP contribution in [0.5, 0.6) is 5.75 Å². The molecule has 1 aliphatic rings. The van der Waals surface area contributed by atoms with Crippen molar-refractivity contribution in [1.82, 2.24) is 19.9 Å². The maximum Gasteiger partial charge on any atom is 0.269 e. The topological polar surface area (TPSA) is 69.0 Å². The van der Waals surface area contributed by atoms with Gasteiger partial charge in [0.1, 0.15) is 17.3 Å². The van der Waals surface area contributed by atoms with Gasteiger partial charge in [-0.05, 0) is 37.3 Å². The van der Waals surface area contributed by atoms with Gasteiger partial charge in [0.25, 0.3) is 5.91 Å². The van der Waals surface area contributed by atoms with E-state index in [0.29, 0.717) is 18.2 Å². The zero-order chi connectivity index (χ0) is 16.2. The third kappa shape index (κ3) is 3.70. The highest BCUT2D eigenvalue weighted by Crippen LogP contribution is 2.23. The van der Waals surface area contributed by atoms with E-state index >= 15 is 0 Å². The zero-order valence-corrected chi connectivity index (χ0v) is 13.6. The first kappa shape index (κ1) is 15.5. The molecule has 0 bridgehead atoms. The molecule has 3 heterocycles. The predicted molar refractivity (Wildman–Crippen MR) is 86.5 cm³/mol. The summed E-state index contributed by atoms with van der Waals surface area (Å²) in [6.07, 6.45) is 7.33. The van der Waals surface area contributed by atoms with Crippen LogP contribution in [0.2, 0.25) is 0 Å². The summed E-state index contributed by atoms with van der Waals surface area (Å²) in [6, 6.07) is 1.84. The molecule has 0 radical (unpaired) electrons. The monoisotopic (exact) mass is 314 g/mol. The Morgan fingerprint density at radius 1 is 1.48 bits per heavy atom. The van der Waals surface area contributed by atoms with Crippen LogP contribution in [0.1, 0.15) is 35.2 Å². The molecule has 0 aromatic carbocycles. The molecule has 0 spiro atoms. The van der Waals surface area contributed by atoms with E-state index in [-0.39, 0.29) is 5.91 Å². The smallest absolute Gasteiger partial charge is 0.269 e. The highest BCUT2D eigenvalue weighted by atomic mass is 16.5. The molecule has 23 heavy (non-hydrogen) atoms. The number of carbonyl (C=O) groups is 1. The Morgan fingerprint density at radius 2 is 2.35 bits per heavy atom. The van der Waals surface area contributed by atoms with Crippen LogP contribution >= 0.6 is 0 Å². The third-order valence-electron chi connectivity index (χ3n) is 4.07. The normalized spacial score (nSPS) is 14.7. The van der Waals surface area contributed by atoms with E-state index in [4.69, 9.17) is 4.74 Å². The van der Waals surface area contributed by atoms with Gasteiger partial charge < -0.3 is 14.6 Å². The Bertz CT molecular complexity index is 696. The van der Waals surface area contributed by atoms with E-state index in [9.17, 15) is 4.79 Å². The molecule has 3 rings (SSSR count). The number of rotatable bonds is 5. The Hall–Kier alpha value is -2.37. The molecule has 6 heteroatoms. The predicted octanol–water partition coefficient (Wildman–Crippen LogP) is 1.98. The molecule has 6 nitrogen and oxygen atoms in total. The van der Waals surface area contributed by atoms with Crippen LogP contribution in [0.4, 0.5) is 0 Å². The molecule has 2 aromatic rings. The number of nitrogens with one attached hydrogen (secondary N) is 1. The van der Waals surface area contributed by atoms with E-state index in [1.807, 2.05) is 19.2 Å². The summed E-state index contributed by atoms with van der Waals surface area (Å²) < 4.78 is 7.61. The number of hydrogen-bond acceptors (Lipinski definition) is 4. The van der Waals surface area contributed by atoms with Gasteiger partial charge in [-0.25, -0.2) is 9.97 Å². The largest absolute Gasteiger partial charge is 0.492 e. The molecule has 0 saturated carbocycles. The van der Waals surface area contributed by atoms with Crippen molar-refractivity contribution in [3.8, 4) is 5.75 Å². The van der Waals surface area contributed by atoms with Gasteiger partial charge in [-0.1, -0.05) is 6.92 Å². The fourth-order valence-corrected chi connectivity index (χ4v) is 2.73. The Labute approximate surface area is 135 Å². The minimum Gasteiger partial charge on any atom is -0.492 e. The molecule has 0 fully saturated rings. The fraction of sp³-hybridized carbons (Fsp3) is 0.471. The van der Waals surface area contributed by atoms with Crippen molar-refractivity contribution in [1.29, 1.82) is 0 Å². The van der Waals surface area contributed by atoms with Crippen molar-refractivity contribution >= 4 is 5.91 Å². The lowest BCUT2D eigenvalue weighted by Crippen LogP contribution is -2.30. The summed E-state index contributed by atoms with van der Waals surface area (Å²) in [5.74, 6) is 1.97. The van der Waals surface area contributed by atoms with Crippen molar-refractivity contribution in [3.05, 3.63) is 41.7 Å². The summed E-state index contributed by atoms with van der Waals surface area (Å²) in [4.78, 5) is 20.7. The van der Waals surface area contributed by atoms with E-state index in [0.717, 1.165) is 43.1 Å². The van der Waals surface area contributed by atoms with Gasteiger partial charge in [-0.2, -0.15) is 0 Å². The van der Waals surface area contributed by atoms with E-state index in [1.54, 1.807) is 12.4 Å². The number of carbonyl (C=O) groups excluding carboxylic acids is 1. The second kappa shape index (κ2) is 6.81. The molecular weight excluding hydrogens is 292 g/mol. The second-order valence-corrected chi connectivity index (χ2v) is 6.07. The number of fused-ring (bicyclic) bond motifs is 1. The van der Waals surface area contributed by atoms with Crippen molar-refractivity contribution in [2.45, 2.75) is 33.2 Å². The summed E-state index contributed by atoms with van der Waals surface area (Å²) in [7, 11) is 0. The SMILES string of the molecule is Cc1nccn1CC(C)CNC(=O)c1cc2c(cn1)OCCC2. The average molecular weight is 314 g/mol. The zero-order valence-electron chi connectivity index (χ0n) is 13.6. The average Bonchev–Trinajstić information content (AvgIpc) is 2.97. The molecule has 1 unspecified atom stereocenters. The minimum atomic E-state index is -0.132. The lowest BCUT2D eigenvalue weighted by Gasteiger charge is -2.17. The van der Waals surface area contributed by atoms with E-state index < -0.39 is 0 Å². The first-order chi connectivity index (χ1) is 11.1. The highest BCUT2D eigenvalue weighted by Gasteiger charge is 2.15. The van der Waals surface area contributed by atoms with Crippen molar-refractivity contribution < 1.29 is 9.53 Å². The van der Waals surface area contributed by atoms with Crippen molar-refractivity contribution in [3.63, 3.8) is 0 Å². The highest BCUT2D eigenvalue weighted by molar-refractivity contribution is 5.92. The molecule has 1 N–H and O–H groups in total. The maximum absolute atomic E-state index is 12.3. The van der Waals surface area contributed by atoms with Crippen LogP contribution in [0.15, 0.2) is 24.7 Å². The quantitative estimate of drug-likeness (QED) is 0.916. The van der Waals surface area contributed by atoms with Gasteiger partial charge in [-0.15, -0.1) is 0 Å². The standard InChI is InChI=1S/C17H22N4O2/c1-12(11-21-6-5-18-13(21)2)9-20-17(22)15-8-14-4-3-7-23-16(14)10-19-15/h5-6,8,10,12H,3-4,7,9,11H2,1-2H3,(H,20,22). The van der Waals surface area contributed by atoms with Crippen LogP contribution in [-0.4, -0.2) is 33.6 Å². The maximum atomic E-state index is 12.3. The summed E-state index contributed by atoms with van der Waals surface area (Å²) in [6.45, 7) is 6.24. The van der Waals surface area contributed by atoms with Gasteiger partial charge in [0.15, 0.2) is 0 Å². The molecule has 1 amide bonds. The third-order valence-corrected chi connectivity index (χ3v) is 4.07. The molecule has 1 aliphatic heterocycles. The van der Waals surface area contributed by atoms with Crippen LogP contribution in [0.25, 0.3) is 0 Å². The molecule has 0 aliphatic carbocycles. The minimum absolute atomic E-state index is 0.132. The van der Waals surface area contributed by atoms with Crippen molar-refractivity contribution in [2.24, 2.45) is 5.92 Å². The summed E-state index contributed by atoms with van der Waals surface area (Å²) in [5.41, 5.74) is 1.53. The Morgan fingerprint density at radius 3 is 3.13 bits per heavy atom. The lowest BCUT2D eigenvalue weighted by molar-refractivity contribution is 0.0941. The lowest BCUT2D eigenvalue weighted by atomic mass is 10.1. The molecular formula is C17H22N4O2. The number of imidazole rings is 1. The van der Waals surface area contributed by atoms with Gasteiger partial charge >= 0.3 is 0 Å². The number of aryl methyl sites for hydroxylation is 2. The first-order valence-electron chi connectivity index (χ1n) is 8.01. The number of pyridine rings is 1. The number of amides is 1. The first-order valence-corrected chi connectivity index (χ1v) is 8.01. The summed E-state index contributed by atoms with van der Waals surface area (Å²) >= 11 is 0. The van der Waals surface area contributed by atoms with Gasteiger partial charge in [0.05, 0.1) is 12.8 Å². The van der Waals surface area contributed by atoms with Gasteiger partial charge in [-0.3, -0.25) is 4.79 Å². The molecule has 0 saturated heterocycles. The van der Waals surface area contributed by atoms with E-state index in [2.05, 4.69) is 26.8 Å². The summed E-state index contributed by atoms with van der Waals surface area (Å²) in [5, 5.41) is 2.96.